The number of nitrogens with one attached hydrogen (secondary N) is 1. The third-order valence-electron chi connectivity index (χ3n) is 3.54. The first-order chi connectivity index (χ1) is 12.6. The van der Waals surface area contributed by atoms with Gasteiger partial charge in [-0.1, -0.05) is 18.2 Å². The second-order valence-electron chi connectivity index (χ2n) is 5.42. The van der Waals surface area contributed by atoms with Gasteiger partial charge in [0.05, 0.1) is 11.4 Å². The fourth-order valence-corrected chi connectivity index (χ4v) is 3.08. The Labute approximate surface area is 155 Å². The number of rotatable bonds is 6. The maximum atomic E-state index is 13.1. The second-order valence-corrected chi connectivity index (χ2v) is 6.48. The van der Waals surface area contributed by atoms with Crippen LogP contribution in [0.25, 0.3) is 5.69 Å². The zero-order chi connectivity index (χ0) is 18.5. The minimum atomic E-state index is -0.402. The van der Waals surface area contributed by atoms with E-state index in [1.165, 1.54) is 16.8 Å². The summed E-state index contributed by atoms with van der Waals surface area (Å²) in [6, 6.07) is 13.4. The average Bonchev–Trinajstić information content (AvgIpc) is 3.03. The number of aromatic nitrogens is 3. The van der Waals surface area contributed by atoms with Crippen LogP contribution < -0.4 is 5.32 Å². The average molecular weight is 368 g/mol. The van der Waals surface area contributed by atoms with E-state index in [4.69, 9.17) is 0 Å². The number of amides is 1. The highest BCUT2D eigenvalue weighted by Gasteiger charge is 2.16. The van der Waals surface area contributed by atoms with Crippen LogP contribution in [0.5, 0.6) is 0 Å². The molecular formula is C19H17FN4OS. The molecular weight excluding hydrogens is 351 g/mol. The smallest absolute Gasteiger partial charge is 0.295 e. The van der Waals surface area contributed by atoms with Crippen LogP contribution in [0.1, 0.15) is 16.4 Å². The molecule has 1 N–H and O–H groups in total. The zero-order valence-corrected chi connectivity index (χ0v) is 15.0. The summed E-state index contributed by atoms with van der Waals surface area (Å²) in [5.41, 5.74) is 1.33. The van der Waals surface area contributed by atoms with Crippen molar-refractivity contribution >= 4 is 23.4 Å². The van der Waals surface area contributed by atoms with Gasteiger partial charge in [0.1, 0.15) is 11.6 Å². The predicted octanol–water partition coefficient (Wildman–Crippen LogP) is 4.25. The largest absolute Gasteiger partial charge is 0.318 e. The molecule has 7 heteroatoms. The number of carbonyl (C=O) groups is 1. The SMILES string of the molecule is C=CCSc1ccccc1NC(=O)c1nc(C)n(-c2ccc(F)cc2)n1. The topological polar surface area (TPSA) is 59.8 Å². The third kappa shape index (κ3) is 4.00. The van der Waals surface area contributed by atoms with E-state index in [-0.39, 0.29) is 11.6 Å². The van der Waals surface area contributed by atoms with Crippen LogP contribution in [0, 0.1) is 12.7 Å². The van der Waals surface area contributed by atoms with Gasteiger partial charge in [0.2, 0.25) is 5.82 Å². The number of thioether (sulfide) groups is 1. The molecule has 0 unspecified atom stereocenters. The summed E-state index contributed by atoms with van der Waals surface area (Å²) in [7, 11) is 0. The minimum Gasteiger partial charge on any atom is -0.318 e. The van der Waals surface area contributed by atoms with Gasteiger partial charge in [-0.3, -0.25) is 4.79 Å². The molecule has 1 aromatic heterocycles. The molecule has 0 fully saturated rings. The molecule has 0 saturated carbocycles. The number of anilines is 1. The highest BCUT2D eigenvalue weighted by atomic mass is 32.2. The van der Waals surface area contributed by atoms with Crippen molar-refractivity contribution in [3.8, 4) is 5.69 Å². The van der Waals surface area contributed by atoms with Crippen LogP contribution in [0.15, 0.2) is 66.1 Å². The van der Waals surface area contributed by atoms with Gasteiger partial charge in [0.15, 0.2) is 0 Å². The molecule has 3 rings (SSSR count). The van der Waals surface area contributed by atoms with Crippen molar-refractivity contribution in [1.82, 2.24) is 14.8 Å². The van der Waals surface area contributed by atoms with Crippen molar-refractivity contribution < 1.29 is 9.18 Å². The van der Waals surface area contributed by atoms with Crippen LogP contribution in [0.3, 0.4) is 0 Å². The number of para-hydroxylation sites is 1. The lowest BCUT2D eigenvalue weighted by molar-refractivity contribution is 0.101. The second kappa shape index (κ2) is 7.97. The monoisotopic (exact) mass is 368 g/mol. The molecule has 1 heterocycles. The zero-order valence-electron chi connectivity index (χ0n) is 14.1. The Morgan fingerprint density at radius 3 is 2.73 bits per heavy atom. The number of halogens is 1. The summed E-state index contributed by atoms with van der Waals surface area (Å²) in [6.07, 6.45) is 1.80. The fourth-order valence-electron chi connectivity index (χ4n) is 2.34. The Bertz CT molecular complexity index is 937. The predicted molar refractivity (Wildman–Crippen MR) is 101 cm³/mol. The number of hydrogen-bond donors (Lipinski definition) is 1. The highest BCUT2D eigenvalue weighted by Crippen LogP contribution is 2.27. The standard InChI is InChI=1S/C19H17FN4OS/c1-3-12-26-17-7-5-4-6-16(17)22-19(25)18-21-13(2)24(23-18)15-10-8-14(20)9-11-15/h3-11H,1,12H2,2H3,(H,22,25). The third-order valence-corrected chi connectivity index (χ3v) is 4.60. The number of hydrogen-bond acceptors (Lipinski definition) is 4. The Balaban J connectivity index is 1.82. The van der Waals surface area contributed by atoms with E-state index in [2.05, 4.69) is 22.0 Å². The van der Waals surface area contributed by atoms with E-state index in [9.17, 15) is 9.18 Å². The van der Waals surface area contributed by atoms with Crippen molar-refractivity contribution in [2.24, 2.45) is 0 Å². The van der Waals surface area contributed by atoms with Crippen molar-refractivity contribution in [1.29, 1.82) is 0 Å². The van der Waals surface area contributed by atoms with Gasteiger partial charge in [0.25, 0.3) is 5.91 Å². The lowest BCUT2D eigenvalue weighted by Crippen LogP contribution is -2.15. The molecule has 0 aliphatic carbocycles. The summed E-state index contributed by atoms with van der Waals surface area (Å²) < 4.78 is 14.6. The number of aryl methyl sites for hydroxylation is 1. The summed E-state index contributed by atoms with van der Waals surface area (Å²) in [5, 5.41) is 7.09. The first kappa shape index (κ1) is 17.9. The van der Waals surface area contributed by atoms with E-state index in [1.54, 1.807) is 36.9 Å². The van der Waals surface area contributed by atoms with E-state index in [1.807, 2.05) is 24.3 Å². The van der Waals surface area contributed by atoms with Gasteiger partial charge in [-0.25, -0.2) is 14.1 Å². The van der Waals surface area contributed by atoms with Crippen molar-refractivity contribution in [2.75, 3.05) is 11.1 Å². The summed E-state index contributed by atoms with van der Waals surface area (Å²) in [5.74, 6) is 0.592. The molecule has 1 amide bonds. The lowest BCUT2D eigenvalue weighted by Gasteiger charge is -2.08. The quantitative estimate of drug-likeness (QED) is 0.522. The molecule has 3 aromatic rings. The molecule has 2 aromatic carbocycles. The first-order valence-electron chi connectivity index (χ1n) is 7.92. The molecule has 0 aliphatic rings. The van der Waals surface area contributed by atoms with Crippen molar-refractivity contribution in [3.63, 3.8) is 0 Å². The molecule has 0 bridgehead atoms. The van der Waals surface area contributed by atoms with Crippen LogP contribution in [0.2, 0.25) is 0 Å². The van der Waals surface area contributed by atoms with Gasteiger partial charge in [-0.15, -0.1) is 23.4 Å². The van der Waals surface area contributed by atoms with Crippen LogP contribution in [-0.2, 0) is 0 Å². The number of carbonyl (C=O) groups excluding carboxylic acids is 1. The van der Waals surface area contributed by atoms with Gasteiger partial charge in [-0.2, -0.15) is 0 Å². The Hall–Kier alpha value is -2.93. The van der Waals surface area contributed by atoms with Gasteiger partial charge in [-0.05, 0) is 43.3 Å². The summed E-state index contributed by atoms with van der Waals surface area (Å²) in [4.78, 5) is 17.7. The van der Waals surface area contributed by atoms with Gasteiger partial charge < -0.3 is 5.32 Å². The normalized spacial score (nSPS) is 10.5. The Morgan fingerprint density at radius 2 is 2.00 bits per heavy atom. The molecule has 26 heavy (non-hydrogen) atoms. The Kier molecular flexibility index (Phi) is 5.48. The molecule has 132 valence electrons. The molecule has 0 radical (unpaired) electrons. The first-order valence-corrected chi connectivity index (χ1v) is 8.90. The highest BCUT2D eigenvalue weighted by molar-refractivity contribution is 7.99. The fraction of sp³-hybridized carbons (Fsp3) is 0.105. The molecule has 5 nitrogen and oxygen atoms in total. The van der Waals surface area contributed by atoms with Gasteiger partial charge in [0, 0.05) is 10.6 Å². The van der Waals surface area contributed by atoms with Crippen LogP contribution >= 0.6 is 11.8 Å². The molecule has 0 atom stereocenters. The molecule has 0 aliphatic heterocycles. The van der Waals surface area contributed by atoms with E-state index in [0.29, 0.717) is 17.2 Å². The number of nitrogens with zero attached hydrogens (tertiary/aromatic N) is 3. The molecule has 0 spiro atoms. The summed E-state index contributed by atoms with van der Waals surface area (Å²) in [6.45, 7) is 5.44. The van der Waals surface area contributed by atoms with E-state index < -0.39 is 5.91 Å². The van der Waals surface area contributed by atoms with Gasteiger partial charge >= 0.3 is 0 Å². The van der Waals surface area contributed by atoms with Crippen molar-refractivity contribution in [2.45, 2.75) is 11.8 Å². The Morgan fingerprint density at radius 1 is 1.27 bits per heavy atom. The maximum absolute atomic E-state index is 13.1. The summed E-state index contributed by atoms with van der Waals surface area (Å²) >= 11 is 1.58. The van der Waals surface area contributed by atoms with Crippen molar-refractivity contribution in [3.05, 3.63) is 78.7 Å². The minimum absolute atomic E-state index is 0.0512. The number of benzene rings is 2. The lowest BCUT2D eigenvalue weighted by atomic mass is 10.3. The van der Waals surface area contributed by atoms with E-state index in [0.717, 1.165) is 10.6 Å². The van der Waals surface area contributed by atoms with Crippen LogP contribution in [-0.4, -0.2) is 26.4 Å². The maximum Gasteiger partial charge on any atom is 0.295 e. The molecule has 0 saturated heterocycles. The van der Waals surface area contributed by atoms with Crippen LogP contribution in [0.4, 0.5) is 10.1 Å². The van der Waals surface area contributed by atoms with E-state index >= 15 is 0 Å².